The summed E-state index contributed by atoms with van der Waals surface area (Å²) < 4.78 is 22.6. The molecule has 1 heterocycles. The van der Waals surface area contributed by atoms with Crippen molar-refractivity contribution in [1.82, 2.24) is 10.2 Å². The second kappa shape index (κ2) is 6.77. The fourth-order valence-corrected chi connectivity index (χ4v) is 3.70. The summed E-state index contributed by atoms with van der Waals surface area (Å²) in [5, 5.41) is 3.42. The Bertz CT molecular complexity index is 617. The quantitative estimate of drug-likeness (QED) is 0.898. The van der Waals surface area contributed by atoms with Crippen LogP contribution >= 0.6 is 11.6 Å². The van der Waals surface area contributed by atoms with Crippen LogP contribution in [0.4, 0.5) is 0 Å². The van der Waals surface area contributed by atoms with Gasteiger partial charge in [0.25, 0.3) is 5.91 Å². The van der Waals surface area contributed by atoms with Crippen LogP contribution in [-0.2, 0) is 9.84 Å². The zero-order chi connectivity index (χ0) is 15.5. The molecule has 7 heteroatoms. The number of benzene rings is 1. The second-order valence-corrected chi connectivity index (χ2v) is 7.87. The maximum Gasteiger partial charge on any atom is 0.251 e. The van der Waals surface area contributed by atoms with Crippen LogP contribution in [0.5, 0.6) is 0 Å². The lowest BCUT2D eigenvalue weighted by Crippen LogP contribution is -2.43. The van der Waals surface area contributed by atoms with E-state index < -0.39 is 9.84 Å². The summed E-state index contributed by atoms with van der Waals surface area (Å²) in [4.78, 5) is 14.1. The van der Waals surface area contributed by atoms with E-state index >= 15 is 0 Å². The van der Waals surface area contributed by atoms with Crippen molar-refractivity contribution in [2.24, 2.45) is 0 Å². The average molecular weight is 331 g/mol. The monoisotopic (exact) mass is 330 g/mol. The number of hydrogen-bond acceptors (Lipinski definition) is 4. The maximum atomic E-state index is 12.1. The summed E-state index contributed by atoms with van der Waals surface area (Å²) in [7, 11) is -2.85. The number of nitrogens with zero attached hydrogens (tertiary/aromatic N) is 1. The Balaban J connectivity index is 1.81. The maximum absolute atomic E-state index is 12.1. The number of halogens is 1. The van der Waals surface area contributed by atoms with Gasteiger partial charge in [0.1, 0.15) is 0 Å². The van der Waals surface area contributed by atoms with Gasteiger partial charge in [-0.15, -0.1) is 0 Å². The van der Waals surface area contributed by atoms with Gasteiger partial charge < -0.3 is 5.32 Å². The summed E-state index contributed by atoms with van der Waals surface area (Å²) in [6.07, 6.45) is 0. The van der Waals surface area contributed by atoms with Gasteiger partial charge in [-0.1, -0.05) is 17.7 Å². The molecule has 0 aromatic heterocycles. The first-order valence-corrected chi connectivity index (χ1v) is 9.05. The Kier molecular flexibility index (Phi) is 5.24. The van der Waals surface area contributed by atoms with Crippen LogP contribution in [0.3, 0.4) is 0 Å². The van der Waals surface area contributed by atoms with Crippen molar-refractivity contribution in [3.63, 3.8) is 0 Å². The molecule has 1 fully saturated rings. The van der Waals surface area contributed by atoms with Crippen molar-refractivity contribution in [2.45, 2.75) is 6.92 Å². The Morgan fingerprint density at radius 3 is 2.67 bits per heavy atom. The highest BCUT2D eigenvalue weighted by atomic mass is 35.5. The molecule has 1 aromatic carbocycles. The number of carbonyl (C=O) groups is 1. The molecule has 0 spiro atoms. The molecule has 2 rings (SSSR count). The molecule has 0 bridgehead atoms. The first-order chi connectivity index (χ1) is 9.89. The lowest BCUT2D eigenvalue weighted by atomic mass is 10.1. The molecule has 0 aliphatic carbocycles. The molecule has 1 aliphatic rings. The van der Waals surface area contributed by atoms with Crippen LogP contribution in [0.1, 0.15) is 15.9 Å². The third kappa shape index (κ3) is 4.43. The number of amides is 1. The van der Waals surface area contributed by atoms with Gasteiger partial charge in [-0.2, -0.15) is 0 Å². The van der Waals surface area contributed by atoms with E-state index in [1.54, 1.807) is 18.2 Å². The molecule has 1 N–H and O–H groups in total. The Morgan fingerprint density at radius 1 is 1.33 bits per heavy atom. The van der Waals surface area contributed by atoms with Crippen molar-refractivity contribution < 1.29 is 13.2 Å². The highest BCUT2D eigenvalue weighted by Gasteiger charge is 2.21. The van der Waals surface area contributed by atoms with Crippen molar-refractivity contribution in [1.29, 1.82) is 0 Å². The lowest BCUT2D eigenvalue weighted by Gasteiger charge is -2.26. The van der Waals surface area contributed by atoms with Crippen LogP contribution < -0.4 is 5.32 Å². The van der Waals surface area contributed by atoms with Gasteiger partial charge in [-0.05, 0) is 24.6 Å². The van der Waals surface area contributed by atoms with Crippen LogP contribution in [0, 0.1) is 6.92 Å². The zero-order valence-electron chi connectivity index (χ0n) is 11.9. The van der Waals surface area contributed by atoms with E-state index in [2.05, 4.69) is 5.32 Å². The molecule has 1 amide bonds. The summed E-state index contributed by atoms with van der Waals surface area (Å²) in [6, 6.07) is 5.24. The molecule has 1 aliphatic heterocycles. The molecule has 0 unspecified atom stereocenters. The minimum absolute atomic E-state index is 0.153. The van der Waals surface area contributed by atoms with E-state index in [0.29, 0.717) is 36.8 Å². The van der Waals surface area contributed by atoms with Gasteiger partial charge in [0.05, 0.1) is 11.5 Å². The Labute approximate surface area is 130 Å². The summed E-state index contributed by atoms with van der Waals surface area (Å²) in [5.74, 6) is 0.252. The fourth-order valence-electron chi connectivity index (χ4n) is 2.25. The molecule has 5 nitrogen and oxygen atoms in total. The third-order valence-corrected chi connectivity index (χ3v) is 5.68. The third-order valence-electron chi connectivity index (χ3n) is 3.66. The normalized spacial score (nSPS) is 18.4. The SMILES string of the molecule is Cc1c(Cl)cccc1C(=O)NCCN1CCS(=O)(=O)CC1. The molecular formula is C14H19ClN2O3S. The molecule has 1 aromatic rings. The van der Waals surface area contributed by atoms with E-state index in [4.69, 9.17) is 11.6 Å². The molecule has 116 valence electrons. The van der Waals surface area contributed by atoms with Gasteiger partial charge in [0, 0.05) is 36.8 Å². The first-order valence-electron chi connectivity index (χ1n) is 6.85. The highest BCUT2D eigenvalue weighted by molar-refractivity contribution is 7.91. The molecule has 0 saturated carbocycles. The minimum atomic E-state index is -2.85. The van der Waals surface area contributed by atoms with Crippen LogP contribution in [0.25, 0.3) is 0 Å². The molecule has 0 radical (unpaired) electrons. The smallest absolute Gasteiger partial charge is 0.251 e. The van der Waals surface area contributed by atoms with Crippen molar-refractivity contribution in [3.05, 3.63) is 34.3 Å². The molecular weight excluding hydrogens is 312 g/mol. The van der Waals surface area contributed by atoms with Crippen molar-refractivity contribution in [2.75, 3.05) is 37.7 Å². The highest BCUT2D eigenvalue weighted by Crippen LogP contribution is 2.18. The predicted octanol–water partition coefficient (Wildman–Crippen LogP) is 1.11. The fraction of sp³-hybridized carbons (Fsp3) is 0.500. The van der Waals surface area contributed by atoms with Crippen molar-refractivity contribution >= 4 is 27.3 Å². The Hall–Kier alpha value is -1.11. The number of rotatable bonds is 4. The first kappa shape index (κ1) is 16.3. The van der Waals surface area contributed by atoms with Crippen LogP contribution in [0.2, 0.25) is 5.02 Å². The van der Waals surface area contributed by atoms with E-state index in [-0.39, 0.29) is 17.4 Å². The largest absolute Gasteiger partial charge is 0.351 e. The molecule has 0 atom stereocenters. The number of carbonyl (C=O) groups excluding carboxylic acids is 1. The number of hydrogen-bond donors (Lipinski definition) is 1. The van der Waals surface area contributed by atoms with Gasteiger partial charge in [0.2, 0.25) is 0 Å². The van der Waals surface area contributed by atoms with Gasteiger partial charge in [0.15, 0.2) is 9.84 Å². The zero-order valence-corrected chi connectivity index (χ0v) is 13.5. The van der Waals surface area contributed by atoms with E-state index in [9.17, 15) is 13.2 Å². The summed E-state index contributed by atoms with van der Waals surface area (Å²) >= 11 is 6.00. The van der Waals surface area contributed by atoms with Crippen molar-refractivity contribution in [3.8, 4) is 0 Å². The minimum Gasteiger partial charge on any atom is -0.351 e. The van der Waals surface area contributed by atoms with Crippen LogP contribution in [-0.4, -0.2) is 56.9 Å². The van der Waals surface area contributed by atoms with Gasteiger partial charge in [-0.3, -0.25) is 9.69 Å². The second-order valence-electron chi connectivity index (χ2n) is 5.16. The summed E-state index contributed by atoms with van der Waals surface area (Å²) in [6.45, 7) is 4.03. The molecule has 1 saturated heterocycles. The van der Waals surface area contributed by atoms with Gasteiger partial charge >= 0.3 is 0 Å². The number of sulfone groups is 1. The lowest BCUT2D eigenvalue weighted by molar-refractivity contribution is 0.0948. The van der Waals surface area contributed by atoms with E-state index in [1.807, 2.05) is 11.8 Å². The summed E-state index contributed by atoms with van der Waals surface area (Å²) in [5.41, 5.74) is 1.34. The average Bonchev–Trinajstić information content (AvgIpc) is 2.43. The van der Waals surface area contributed by atoms with E-state index in [0.717, 1.165) is 5.56 Å². The molecule has 21 heavy (non-hydrogen) atoms. The topological polar surface area (TPSA) is 66.5 Å². The Morgan fingerprint density at radius 2 is 2.00 bits per heavy atom. The van der Waals surface area contributed by atoms with Crippen LogP contribution in [0.15, 0.2) is 18.2 Å². The van der Waals surface area contributed by atoms with E-state index in [1.165, 1.54) is 0 Å². The standard InChI is InChI=1S/C14H19ClN2O3S/c1-11-12(3-2-4-13(11)15)14(18)16-5-6-17-7-9-21(19,20)10-8-17/h2-4H,5-10H2,1H3,(H,16,18). The number of nitrogens with one attached hydrogen (secondary N) is 1. The van der Waals surface area contributed by atoms with Gasteiger partial charge in [-0.25, -0.2) is 8.42 Å². The predicted molar refractivity (Wildman–Crippen MR) is 83.6 cm³/mol.